The van der Waals surface area contributed by atoms with Crippen molar-refractivity contribution in [1.82, 2.24) is 24.4 Å². The zero-order valence-electron chi connectivity index (χ0n) is 13.3. The summed E-state index contributed by atoms with van der Waals surface area (Å²) in [6.45, 7) is 6.59. The topological polar surface area (TPSA) is 69.3 Å². The summed E-state index contributed by atoms with van der Waals surface area (Å²) in [6.07, 6.45) is 4.95. The number of aryl methyl sites for hydroxylation is 2. The van der Waals surface area contributed by atoms with Crippen molar-refractivity contribution >= 4 is 21.4 Å². The van der Waals surface area contributed by atoms with E-state index in [-0.39, 0.29) is 6.10 Å². The van der Waals surface area contributed by atoms with Crippen molar-refractivity contribution in [3.8, 4) is 0 Å². The molecular weight excluding hydrogens is 312 g/mol. The van der Waals surface area contributed by atoms with Crippen LogP contribution in [0.5, 0.6) is 0 Å². The van der Waals surface area contributed by atoms with Gasteiger partial charge in [0.1, 0.15) is 6.10 Å². The Morgan fingerprint density at radius 1 is 1.48 bits per heavy atom. The van der Waals surface area contributed by atoms with Crippen LogP contribution in [0.2, 0.25) is 0 Å². The van der Waals surface area contributed by atoms with E-state index in [0.29, 0.717) is 5.92 Å². The Balaban J connectivity index is 1.46. The molecule has 0 aliphatic carbocycles. The fourth-order valence-corrected chi connectivity index (χ4v) is 3.95. The minimum absolute atomic E-state index is 0.108. The third-order valence-corrected chi connectivity index (χ3v) is 5.11. The molecule has 0 spiro atoms. The molecule has 1 aliphatic heterocycles. The molecule has 0 unspecified atom stereocenters. The average Bonchev–Trinajstić information content (AvgIpc) is 3.27. The van der Waals surface area contributed by atoms with Gasteiger partial charge in [0.05, 0.1) is 17.6 Å². The molecule has 3 aromatic rings. The van der Waals surface area contributed by atoms with E-state index in [1.54, 1.807) is 11.3 Å². The van der Waals surface area contributed by atoms with Gasteiger partial charge >= 0.3 is 0 Å². The standard InChI is InChI=1S/C15H20N6OS/c1-3-20-12(4-6-17-20)13-11(5-7-22-13)8-16-14-19-21-9-10(2)18-15(21)23-14/h4,6,9,11,13H,3,5,7-8H2,1-2H3,(H,16,19)/t11-,13+/m0/s1. The fourth-order valence-electron chi connectivity index (χ4n) is 3.12. The lowest BCUT2D eigenvalue weighted by Crippen LogP contribution is -2.20. The normalized spacial score (nSPS) is 21.3. The number of hydrogen-bond donors (Lipinski definition) is 1. The SMILES string of the molecule is CCn1nccc1[C@@H]1OCC[C@H]1CNc1nn2cc(C)nc2s1. The zero-order chi connectivity index (χ0) is 15.8. The predicted molar refractivity (Wildman–Crippen MR) is 88.8 cm³/mol. The summed E-state index contributed by atoms with van der Waals surface area (Å²) in [5.74, 6) is 0.426. The molecule has 4 heterocycles. The first-order valence-corrected chi connectivity index (χ1v) is 8.76. The zero-order valence-corrected chi connectivity index (χ0v) is 14.1. The first-order valence-electron chi connectivity index (χ1n) is 7.94. The molecule has 0 radical (unpaired) electrons. The lowest BCUT2D eigenvalue weighted by Gasteiger charge is -2.19. The number of hydrogen-bond acceptors (Lipinski definition) is 6. The second kappa shape index (κ2) is 5.93. The first-order chi connectivity index (χ1) is 11.2. The molecule has 2 atom stereocenters. The molecule has 1 N–H and O–H groups in total. The van der Waals surface area contributed by atoms with Crippen LogP contribution < -0.4 is 5.32 Å². The summed E-state index contributed by atoms with van der Waals surface area (Å²) in [5, 5.41) is 13.2. The lowest BCUT2D eigenvalue weighted by atomic mass is 9.99. The summed E-state index contributed by atoms with van der Waals surface area (Å²) in [7, 11) is 0. The molecule has 7 nitrogen and oxygen atoms in total. The highest BCUT2D eigenvalue weighted by Gasteiger charge is 2.31. The Hall–Kier alpha value is -1.93. The van der Waals surface area contributed by atoms with Gasteiger partial charge < -0.3 is 10.1 Å². The smallest absolute Gasteiger partial charge is 0.214 e. The number of imidazole rings is 1. The quantitative estimate of drug-likeness (QED) is 0.777. The van der Waals surface area contributed by atoms with Gasteiger partial charge in [-0.15, -0.1) is 5.10 Å². The van der Waals surface area contributed by atoms with Crippen LogP contribution in [0.25, 0.3) is 4.96 Å². The van der Waals surface area contributed by atoms with E-state index >= 15 is 0 Å². The van der Waals surface area contributed by atoms with E-state index in [9.17, 15) is 0 Å². The monoisotopic (exact) mass is 332 g/mol. The summed E-state index contributed by atoms with van der Waals surface area (Å²) in [5.41, 5.74) is 2.16. The third kappa shape index (κ3) is 2.72. The van der Waals surface area contributed by atoms with Crippen LogP contribution in [0.4, 0.5) is 5.13 Å². The predicted octanol–water partition coefficient (Wildman–Crippen LogP) is 2.51. The number of anilines is 1. The van der Waals surface area contributed by atoms with Crippen molar-refractivity contribution in [2.45, 2.75) is 32.9 Å². The van der Waals surface area contributed by atoms with Gasteiger partial charge in [-0.05, 0) is 26.3 Å². The van der Waals surface area contributed by atoms with E-state index in [2.05, 4.69) is 33.5 Å². The van der Waals surface area contributed by atoms with Gasteiger partial charge in [-0.25, -0.2) is 9.50 Å². The van der Waals surface area contributed by atoms with Crippen LogP contribution in [0, 0.1) is 12.8 Å². The Kier molecular flexibility index (Phi) is 3.78. The summed E-state index contributed by atoms with van der Waals surface area (Å²) in [6, 6.07) is 2.06. The number of nitrogens with one attached hydrogen (secondary N) is 1. The van der Waals surface area contributed by atoms with Gasteiger partial charge in [0.25, 0.3) is 0 Å². The van der Waals surface area contributed by atoms with E-state index in [1.807, 2.05) is 28.5 Å². The summed E-state index contributed by atoms with van der Waals surface area (Å²) < 4.78 is 9.81. The van der Waals surface area contributed by atoms with Crippen molar-refractivity contribution in [2.75, 3.05) is 18.5 Å². The molecule has 0 aromatic carbocycles. The maximum absolute atomic E-state index is 5.97. The number of rotatable bonds is 5. The molecule has 0 saturated carbocycles. The van der Waals surface area contributed by atoms with Crippen LogP contribution in [-0.4, -0.2) is 37.5 Å². The molecule has 0 bridgehead atoms. The molecule has 4 rings (SSSR count). The lowest BCUT2D eigenvalue weighted by molar-refractivity contribution is 0.0858. The van der Waals surface area contributed by atoms with E-state index in [4.69, 9.17) is 4.74 Å². The largest absolute Gasteiger partial charge is 0.372 e. The Labute approximate surface area is 138 Å². The minimum Gasteiger partial charge on any atom is -0.372 e. The highest BCUT2D eigenvalue weighted by Crippen LogP contribution is 2.34. The second-order valence-corrected chi connectivity index (χ2v) is 6.77. The molecule has 23 heavy (non-hydrogen) atoms. The van der Waals surface area contributed by atoms with Crippen molar-refractivity contribution in [1.29, 1.82) is 0 Å². The summed E-state index contributed by atoms with van der Waals surface area (Å²) in [4.78, 5) is 5.36. The van der Waals surface area contributed by atoms with Gasteiger partial charge in [0.2, 0.25) is 10.1 Å². The third-order valence-electron chi connectivity index (χ3n) is 4.23. The van der Waals surface area contributed by atoms with Crippen LogP contribution in [0.3, 0.4) is 0 Å². The number of aromatic nitrogens is 5. The molecule has 1 saturated heterocycles. The van der Waals surface area contributed by atoms with Crippen molar-refractivity contribution < 1.29 is 4.74 Å². The highest BCUT2D eigenvalue weighted by atomic mass is 32.1. The van der Waals surface area contributed by atoms with E-state index in [0.717, 1.165) is 41.9 Å². The Bertz CT molecular complexity index is 774. The van der Waals surface area contributed by atoms with E-state index in [1.165, 1.54) is 5.69 Å². The molecule has 0 amide bonds. The van der Waals surface area contributed by atoms with Gasteiger partial charge in [-0.3, -0.25) is 4.68 Å². The molecule has 122 valence electrons. The number of ether oxygens (including phenoxy) is 1. The van der Waals surface area contributed by atoms with Crippen LogP contribution in [0.1, 0.15) is 30.8 Å². The summed E-state index contributed by atoms with van der Waals surface area (Å²) >= 11 is 1.58. The number of nitrogens with zero attached hydrogens (tertiary/aromatic N) is 5. The fraction of sp³-hybridized carbons (Fsp3) is 0.533. The minimum atomic E-state index is 0.108. The second-order valence-electron chi connectivity index (χ2n) is 5.81. The van der Waals surface area contributed by atoms with Gasteiger partial charge in [0.15, 0.2) is 0 Å². The molecule has 8 heteroatoms. The molecule has 1 fully saturated rings. The highest BCUT2D eigenvalue weighted by molar-refractivity contribution is 7.20. The molecular formula is C15H20N6OS. The van der Waals surface area contributed by atoms with E-state index < -0.39 is 0 Å². The van der Waals surface area contributed by atoms with Crippen molar-refractivity contribution in [2.24, 2.45) is 5.92 Å². The Morgan fingerprint density at radius 2 is 2.39 bits per heavy atom. The molecule has 3 aromatic heterocycles. The maximum Gasteiger partial charge on any atom is 0.214 e. The first kappa shape index (κ1) is 14.6. The maximum atomic E-state index is 5.97. The van der Waals surface area contributed by atoms with Crippen molar-refractivity contribution in [3.05, 3.63) is 29.8 Å². The van der Waals surface area contributed by atoms with Crippen LogP contribution >= 0.6 is 11.3 Å². The van der Waals surface area contributed by atoms with Gasteiger partial charge in [-0.1, -0.05) is 11.3 Å². The molecule has 1 aliphatic rings. The van der Waals surface area contributed by atoms with Crippen LogP contribution in [0.15, 0.2) is 18.5 Å². The van der Waals surface area contributed by atoms with Crippen LogP contribution in [-0.2, 0) is 11.3 Å². The van der Waals surface area contributed by atoms with Crippen molar-refractivity contribution in [3.63, 3.8) is 0 Å². The average molecular weight is 332 g/mol. The Morgan fingerprint density at radius 3 is 3.22 bits per heavy atom. The number of fused-ring (bicyclic) bond motifs is 1. The van der Waals surface area contributed by atoms with Gasteiger partial charge in [0, 0.05) is 31.8 Å². The van der Waals surface area contributed by atoms with Gasteiger partial charge in [-0.2, -0.15) is 5.10 Å².